The summed E-state index contributed by atoms with van der Waals surface area (Å²) in [6, 6.07) is 76.6. The molecule has 13 rings (SSSR count). The van der Waals surface area contributed by atoms with Crippen LogP contribution in [0.1, 0.15) is 0 Å². The average Bonchev–Trinajstić information content (AvgIpc) is 4.05. The summed E-state index contributed by atoms with van der Waals surface area (Å²) in [5.41, 5.74) is 15.7. The van der Waals surface area contributed by atoms with E-state index in [9.17, 15) is 0 Å². The maximum atomic E-state index is 6.65. The molecule has 0 fully saturated rings. The van der Waals surface area contributed by atoms with Crippen molar-refractivity contribution in [1.29, 1.82) is 0 Å². The molecule has 0 saturated heterocycles. The van der Waals surface area contributed by atoms with Crippen LogP contribution < -0.4 is 0 Å². The van der Waals surface area contributed by atoms with Crippen LogP contribution in [-0.4, -0.2) is 13.7 Å². The summed E-state index contributed by atoms with van der Waals surface area (Å²) < 4.78 is 13.7. The van der Waals surface area contributed by atoms with Crippen molar-refractivity contribution in [3.8, 4) is 39.3 Å². The fourth-order valence-corrected chi connectivity index (χ4v) is 9.86. The Hall–Kier alpha value is -8.08. The zero-order chi connectivity index (χ0) is 39.3. The zero-order valence-electron chi connectivity index (χ0n) is 32.5. The van der Waals surface area contributed by atoms with Crippen molar-refractivity contribution in [3.63, 3.8) is 0 Å². The van der Waals surface area contributed by atoms with E-state index < -0.39 is 0 Å². The Bertz CT molecular complexity index is 3820. The molecule has 0 spiro atoms. The second-order valence-corrected chi connectivity index (χ2v) is 15.7. The van der Waals surface area contributed by atoms with Crippen LogP contribution in [0.2, 0.25) is 0 Å². The molecule has 4 heterocycles. The predicted octanol–water partition coefficient (Wildman–Crippen LogP) is 15.1. The van der Waals surface area contributed by atoms with Crippen LogP contribution in [0.25, 0.3) is 116 Å². The Kier molecular flexibility index (Phi) is 6.98. The van der Waals surface area contributed by atoms with Gasteiger partial charge in [-0.25, -0.2) is 0 Å². The lowest BCUT2D eigenvalue weighted by atomic mass is 9.98. The van der Waals surface area contributed by atoms with Gasteiger partial charge in [-0.1, -0.05) is 127 Å². The number of hydrogen-bond acceptors (Lipinski definition) is 1. The van der Waals surface area contributed by atoms with Crippen molar-refractivity contribution in [2.45, 2.75) is 0 Å². The van der Waals surface area contributed by atoms with Gasteiger partial charge in [0.25, 0.3) is 0 Å². The Balaban J connectivity index is 0.984. The standard InChI is InChI=1S/C56H35N3O/c1-3-16-39(17-4-1)57-48-25-10-7-21-43(48)46-34-36(29-31-50(46)57)37-30-32-51-47(35-37)44-22-8-11-26-49(44)58(51)41-20-13-15-38(33-41)42-24-14-27-52-54(42)55-45-23-9-12-28-53(45)60-56(55)59(52)40-18-5-2-6-19-40/h1-35H. The lowest BCUT2D eigenvalue weighted by molar-refractivity contribution is 0.645. The smallest absolute Gasteiger partial charge is 0.213 e. The zero-order valence-corrected chi connectivity index (χ0v) is 32.5. The minimum atomic E-state index is 0.861. The van der Waals surface area contributed by atoms with Crippen LogP contribution in [0.3, 0.4) is 0 Å². The van der Waals surface area contributed by atoms with E-state index in [1.165, 1.54) is 71.4 Å². The van der Waals surface area contributed by atoms with Gasteiger partial charge in [0, 0.05) is 49.4 Å². The fourth-order valence-electron chi connectivity index (χ4n) is 9.86. The Morgan fingerprint density at radius 1 is 0.283 bits per heavy atom. The molecular formula is C56H35N3O. The van der Waals surface area contributed by atoms with Crippen molar-refractivity contribution in [1.82, 2.24) is 13.7 Å². The number of hydrogen-bond donors (Lipinski definition) is 0. The summed E-state index contributed by atoms with van der Waals surface area (Å²) in [4.78, 5) is 0. The number of rotatable bonds is 5. The van der Waals surface area contributed by atoms with Gasteiger partial charge >= 0.3 is 0 Å². The lowest BCUT2D eigenvalue weighted by Gasteiger charge is -2.12. The highest BCUT2D eigenvalue weighted by Crippen LogP contribution is 2.44. The second kappa shape index (κ2) is 12.7. The molecule has 0 unspecified atom stereocenters. The maximum Gasteiger partial charge on any atom is 0.213 e. The molecule has 4 nitrogen and oxygen atoms in total. The predicted molar refractivity (Wildman–Crippen MR) is 250 cm³/mol. The van der Waals surface area contributed by atoms with E-state index in [0.29, 0.717) is 0 Å². The van der Waals surface area contributed by atoms with Crippen LogP contribution in [0.15, 0.2) is 217 Å². The normalized spacial score (nSPS) is 12.0. The summed E-state index contributed by atoms with van der Waals surface area (Å²) in [6.07, 6.45) is 0. The number of aromatic nitrogens is 3. The minimum Gasteiger partial charge on any atom is -0.439 e. The first kappa shape index (κ1) is 32.9. The van der Waals surface area contributed by atoms with E-state index in [1.54, 1.807) is 0 Å². The van der Waals surface area contributed by atoms with Crippen molar-refractivity contribution < 1.29 is 4.42 Å². The topological polar surface area (TPSA) is 27.9 Å². The van der Waals surface area contributed by atoms with E-state index in [2.05, 4.69) is 220 Å². The van der Waals surface area contributed by atoms with Gasteiger partial charge in [-0.2, -0.15) is 0 Å². The average molecular weight is 766 g/mol. The van der Waals surface area contributed by atoms with Gasteiger partial charge in [0.1, 0.15) is 5.58 Å². The molecule has 4 aromatic heterocycles. The largest absolute Gasteiger partial charge is 0.439 e. The number of benzene rings is 9. The van der Waals surface area contributed by atoms with Gasteiger partial charge < -0.3 is 13.6 Å². The molecule has 4 heteroatoms. The van der Waals surface area contributed by atoms with Crippen LogP contribution in [0, 0.1) is 0 Å². The van der Waals surface area contributed by atoms with Crippen LogP contribution >= 0.6 is 0 Å². The van der Waals surface area contributed by atoms with E-state index in [4.69, 9.17) is 4.42 Å². The number of fused-ring (bicyclic) bond motifs is 11. The summed E-state index contributed by atoms with van der Waals surface area (Å²) in [5, 5.41) is 8.41. The van der Waals surface area contributed by atoms with Crippen LogP contribution in [-0.2, 0) is 0 Å². The molecule has 0 saturated carbocycles. The third-order valence-electron chi connectivity index (χ3n) is 12.4. The number of para-hydroxylation sites is 5. The molecular weight excluding hydrogens is 731 g/mol. The first-order valence-electron chi connectivity index (χ1n) is 20.5. The van der Waals surface area contributed by atoms with Crippen molar-refractivity contribution >= 4 is 76.6 Å². The van der Waals surface area contributed by atoms with Gasteiger partial charge in [0.05, 0.1) is 33.0 Å². The summed E-state index contributed by atoms with van der Waals surface area (Å²) in [5.74, 6) is 0. The van der Waals surface area contributed by atoms with Gasteiger partial charge in [0.15, 0.2) is 0 Å². The highest BCUT2D eigenvalue weighted by molar-refractivity contribution is 6.24. The molecule has 60 heavy (non-hydrogen) atoms. The molecule has 0 aliphatic carbocycles. The van der Waals surface area contributed by atoms with E-state index in [1.807, 2.05) is 6.07 Å². The lowest BCUT2D eigenvalue weighted by Crippen LogP contribution is -1.95. The summed E-state index contributed by atoms with van der Waals surface area (Å²) in [6.45, 7) is 0. The third-order valence-corrected chi connectivity index (χ3v) is 12.4. The summed E-state index contributed by atoms with van der Waals surface area (Å²) >= 11 is 0. The molecule has 280 valence electrons. The Morgan fingerprint density at radius 2 is 0.783 bits per heavy atom. The quantitative estimate of drug-likeness (QED) is 0.171. The van der Waals surface area contributed by atoms with Gasteiger partial charge in [-0.3, -0.25) is 4.57 Å². The summed E-state index contributed by atoms with van der Waals surface area (Å²) in [7, 11) is 0. The molecule has 0 radical (unpaired) electrons. The molecule has 0 bridgehead atoms. The van der Waals surface area contributed by atoms with Gasteiger partial charge in [-0.15, -0.1) is 0 Å². The van der Waals surface area contributed by atoms with E-state index in [0.717, 1.165) is 44.5 Å². The van der Waals surface area contributed by atoms with Gasteiger partial charge in [0.2, 0.25) is 5.71 Å². The molecule has 0 atom stereocenters. The van der Waals surface area contributed by atoms with Crippen molar-refractivity contribution in [2.75, 3.05) is 0 Å². The van der Waals surface area contributed by atoms with Crippen LogP contribution in [0.5, 0.6) is 0 Å². The highest BCUT2D eigenvalue weighted by atomic mass is 16.3. The number of nitrogens with zero attached hydrogens (tertiary/aromatic N) is 3. The third kappa shape index (κ3) is 4.73. The molecule has 0 aliphatic heterocycles. The Labute approximate surface area is 345 Å². The molecule has 0 N–H and O–H groups in total. The maximum absolute atomic E-state index is 6.65. The van der Waals surface area contributed by atoms with Crippen molar-refractivity contribution in [2.24, 2.45) is 0 Å². The monoisotopic (exact) mass is 765 g/mol. The minimum absolute atomic E-state index is 0.861. The number of furan rings is 1. The molecule has 9 aromatic carbocycles. The van der Waals surface area contributed by atoms with E-state index in [-0.39, 0.29) is 0 Å². The molecule has 0 aliphatic rings. The van der Waals surface area contributed by atoms with Gasteiger partial charge in [-0.05, 0) is 107 Å². The molecule has 0 amide bonds. The van der Waals surface area contributed by atoms with E-state index >= 15 is 0 Å². The second-order valence-electron chi connectivity index (χ2n) is 15.7. The fraction of sp³-hybridized carbons (Fsp3) is 0. The van der Waals surface area contributed by atoms with Crippen LogP contribution in [0.4, 0.5) is 0 Å². The SMILES string of the molecule is c1ccc(-n2c3ccccc3c3cc(-c4ccc5c(c4)c4ccccc4n5-c4cccc(-c5cccc6c5c5c7ccccc7oc5n6-c5ccccc5)c4)ccc32)cc1. The molecule has 13 aromatic rings. The Morgan fingerprint density at radius 3 is 1.45 bits per heavy atom. The van der Waals surface area contributed by atoms with Crippen molar-refractivity contribution in [3.05, 3.63) is 212 Å². The highest BCUT2D eigenvalue weighted by Gasteiger charge is 2.23. The first-order chi connectivity index (χ1) is 29.8. The first-order valence-corrected chi connectivity index (χ1v) is 20.5.